The second-order valence-electron chi connectivity index (χ2n) is 4.24. The van der Waals surface area contributed by atoms with Crippen molar-refractivity contribution < 1.29 is 9.84 Å². The fourth-order valence-electron chi connectivity index (χ4n) is 1.65. The lowest BCUT2D eigenvalue weighted by Crippen LogP contribution is -2.31. The van der Waals surface area contributed by atoms with Gasteiger partial charge in [0, 0.05) is 6.54 Å². The van der Waals surface area contributed by atoms with Crippen LogP contribution in [0.5, 0.6) is 5.75 Å². The quantitative estimate of drug-likeness (QED) is 0.593. The van der Waals surface area contributed by atoms with E-state index in [1.54, 1.807) is 6.92 Å². The van der Waals surface area contributed by atoms with Gasteiger partial charge in [0.05, 0.1) is 6.54 Å². The summed E-state index contributed by atoms with van der Waals surface area (Å²) in [6.07, 6.45) is -0.525. The van der Waals surface area contributed by atoms with Crippen molar-refractivity contribution in [2.45, 2.75) is 26.9 Å². The Kier molecular flexibility index (Phi) is 6.27. The fraction of sp³-hybridized carbons (Fsp3) is 0.467. The van der Waals surface area contributed by atoms with E-state index < -0.39 is 6.10 Å². The molecular formula is C15H21NO2. The average molecular weight is 247 g/mol. The van der Waals surface area contributed by atoms with E-state index in [0.717, 1.165) is 16.9 Å². The number of para-hydroxylation sites is 1. The zero-order valence-corrected chi connectivity index (χ0v) is 11.3. The first-order chi connectivity index (χ1) is 8.65. The van der Waals surface area contributed by atoms with Crippen LogP contribution in [0.2, 0.25) is 0 Å². The molecule has 2 N–H and O–H groups in total. The first kappa shape index (κ1) is 14.6. The molecule has 0 fully saturated rings. The summed E-state index contributed by atoms with van der Waals surface area (Å²) in [4.78, 5) is 0. The molecule has 0 saturated carbocycles. The van der Waals surface area contributed by atoms with Gasteiger partial charge in [0.15, 0.2) is 0 Å². The molecule has 0 amide bonds. The number of aliphatic hydroxyl groups excluding tert-OH is 1. The molecule has 0 aromatic heterocycles. The summed E-state index contributed by atoms with van der Waals surface area (Å²) in [6, 6.07) is 6.01. The number of aryl methyl sites for hydroxylation is 2. The summed E-state index contributed by atoms with van der Waals surface area (Å²) in [7, 11) is 0. The van der Waals surface area contributed by atoms with Crippen molar-refractivity contribution in [2.75, 3.05) is 19.7 Å². The smallest absolute Gasteiger partial charge is 0.125 e. The summed E-state index contributed by atoms with van der Waals surface area (Å²) in [5.74, 6) is 6.54. The minimum Gasteiger partial charge on any atom is -0.490 e. The monoisotopic (exact) mass is 247 g/mol. The molecule has 18 heavy (non-hydrogen) atoms. The van der Waals surface area contributed by atoms with E-state index >= 15 is 0 Å². The minimum atomic E-state index is -0.525. The standard InChI is InChI=1S/C15H21NO2/c1-4-5-9-16-10-14(17)11-18-15-12(2)7-6-8-13(15)3/h6-8,14,16-17H,9-11H2,1-3H3. The van der Waals surface area contributed by atoms with Gasteiger partial charge in [-0.2, -0.15) is 0 Å². The third-order valence-corrected chi connectivity index (χ3v) is 2.60. The number of aliphatic hydroxyl groups is 1. The molecule has 1 atom stereocenters. The molecule has 0 spiro atoms. The summed E-state index contributed by atoms with van der Waals surface area (Å²) in [5, 5.41) is 12.8. The van der Waals surface area contributed by atoms with Gasteiger partial charge in [0.2, 0.25) is 0 Å². The second-order valence-corrected chi connectivity index (χ2v) is 4.24. The number of hydrogen-bond donors (Lipinski definition) is 2. The van der Waals surface area contributed by atoms with Gasteiger partial charge >= 0.3 is 0 Å². The van der Waals surface area contributed by atoms with Gasteiger partial charge in [-0.1, -0.05) is 24.1 Å². The highest BCUT2D eigenvalue weighted by Crippen LogP contribution is 2.22. The Hall–Kier alpha value is -1.50. The van der Waals surface area contributed by atoms with Gasteiger partial charge in [-0.25, -0.2) is 0 Å². The van der Waals surface area contributed by atoms with Gasteiger partial charge < -0.3 is 15.2 Å². The van der Waals surface area contributed by atoms with Crippen LogP contribution < -0.4 is 10.1 Å². The van der Waals surface area contributed by atoms with Crippen molar-refractivity contribution in [1.29, 1.82) is 0 Å². The maximum absolute atomic E-state index is 9.76. The van der Waals surface area contributed by atoms with Crippen molar-refractivity contribution in [3.05, 3.63) is 29.3 Å². The molecule has 0 radical (unpaired) electrons. The van der Waals surface area contributed by atoms with Gasteiger partial charge in [-0.15, -0.1) is 5.92 Å². The maximum Gasteiger partial charge on any atom is 0.125 e. The van der Waals surface area contributed by atoms with Gasteiger partial charge in [-0.3, -0.25) is 0 Å². The van der Waals surface area contributed by atoms with Crippen LogP contribution in [0.3, 0.4) is 0 Å². The van der Waals surface area contributed by atoms with Gasteiger partial charge in [-0.05, 0) is 31.9 Å². The molecule has 1 aromatic carbocycles. The third-order valence-electron chi connectivity index (χ3n) is 2.60. The van der Waals surface area contributed by atoms with Crippen LogP contribution in [0.1, 0.15) is 18.1 Å². The van der Waals surface area contributed by atoms with Crippen molar-refractivity contribution in [3.63, 3.8) is 0 Å². The van der Waals surface area contributed by atoms with E-state index in [9.17, 15) is 5.11 Å². The molecule has 98 valence electrons. The highest BCUT2D eigenvalue weighted by atomic mass is 16.5. The number of benzene rings is 1. The van der Waals surface area contributed by atoms with Gasteiger partial charge in [0.25, 0.3) is 0 Å². The van der Waals surface area contributed by atoms with Crippen LogP contribution in [-0.4, -0.2) is 30.9 Å². The molecule has 0 heterocycles. The average Bonchev–Trinajstić information content (AvgIpc) is 2.34. The zero-order valence-electron chi connectivity index (χ0n) is 11.3. The Morgan fingerprint density at radius 3 is 2.61 bits per heavy atom. The van der Waals surface area contributed by atoms with Crippen LogP contribution in [-0.2, 0) is 0 Å². The van der Waals surface area contributed by atoms with E-state index in [2.05, 4.69) is 17.2 Å². The SMILES string of the molecule is CC#CCNCC(O)COc1c(C)cccc1C. The minimum absolute atomic E-state index is 0.290. The highest BCUT2D eigenvalue weighted by molar-refractivity contribution is 5.39. The Bertz CT molecular complexity index is 412. The number of nitrogens with one attached hydrogen (secondary N) is 1. The molecule has 0 aliphatic rings. The van der Waals surface area contributed by atoms with E-state index in [1.165, 1.54) is 0 Å². The van der Waals surface area contributed by atoms with E-state index in [1.807, 2.05) is 32.0 Å². The van der Waals surface area contributed by atoms with E-state index in [4.69, 9.17) is 4.74 Å². The molecule has 0 aliphatic heterocycles. The Labute approximate surface area is 109 Å². The second kappa shape index (κ2) is 7.75. The molecule has 1 aromatic rings. The van der Waals surface area contributed by atoms with E-state index in [0.29, 0.717) is 13.1 Å². The van der Waals surface area contributed by atoms with Crippen molar-refractivity contribution >= 4 is 0 Å². The molecule has 1 unspecified atom stereocenters. The molecule has 1 rings (SSSR count). The van der Waals surface area contributed by atoms with Crippen molar-refractivity contribution in [2.24, 2.45) is 0 Å². The normalized spacial score (nSPS) is 11.6. The largest absolute Gasteiger partial charge is 0.490 e. The summed E-state index contributed by atoms with van der Waals surface area (Å²) in [5.41, 5.74) is 2.18. The Morgan fingerprint density at radius 1 is 1.33 bits per heavy atom. The molecule has 3 nitrogen and oxygen atoms in total. The van der Waals surface area contributed by atoms with Crippen LogP contribution in [0, 0.1) is 25.7 Å². The maximum atomic E-state index is 9.76. The number of ether oxygens (including phenoxy) is 1. The molecular weight excluding hydrogens is 226 g/mol. The van der Waals surface area contributed by atoms with E-state index in [-0.39, 0.29) is 6.61 Å². The molecule has 0 saturated heterocycles. The third kappa shape index (κ3) is 4.79. The first-order valence-corrected chi connectivity index (χ1v) is 6.12. The van der Waals surface area contributed by atoms with Crippen LogP contribution in [0.4, 0.5) is 0 Å². The predicted molar refractivity (Wildman–Crippen MR) is 73.7 cm³/mol. The van der Waals surface area contributed by atoms with Crippen LogP contribution in [0.25, 0.3) is 0 Å². The Morgan fingerprint density at radius 2 is 2.00 bits per heavy atom. The molecule has 3 heteroatoms. The lowest BCUT2D eigenvalue weighted by Gasteiger charge is -2.15. The Balaban J connectivity index is 2.37. The van der Waals surface area contributed by atoms with Crippen LogP contribution >= 0.6 is 0 Å². The fourth-order valence-corrected chi connectivity index (χ4v) is 1.65. The predicted octanol–water partition coefficient (Wildman–Crippen LogP) is 1.66. The lowest BCUT2D eigenvalue weighted by molar-refractivity contribution is 0.107. The number of hydrogen-bond acceptors (Lipinski definition) is 3. The lowest BCUT2D eigenvalue weighted by atomic mass is 10.1. The first-order valence-electron chi connectivity index (χ1n) is 6.12. The van der Waals surface area contributed by atoms with Crippen molar-refractivity contribution in [3.8, 4) is 17.6 Å². The zero-order chi connectivity index (χ0) is 13.4. The molecule has 0 bridgehead atoms. The van der Waals surface area contributed by atoms with Crippen molar-refractivity contribution in [1.82, 2.24) is 5.32 Å². The van der Waals surface area contributed by atoms with Gasteiger partial charge in [0.1, 0.15) is 18.5 Å². The summed E-state index contributed by atoms with van der Waals surface area (Å²) >= 11 is 0. The topological polar surface area (TPSA) is 41.5 Å². The van der Waals surface area contributed by atoms with Crippen LogP contribution in [0.15, 0.2) is 18.2 Å². The summed E-state index contributed by atoms with van der Waals surface area (Å²) in [6.45, 7) is 7.17. The number of rotatable bonds is 6. The molecule has 0 aliphatic carbocycles. The highest BCUT2D eigenvalue weighted by Gasteiger charge is 2.07. The summed E-state index contributed by atoms with van der Waals surface area (Å²) < 4.78 is 5.66.